The van der Waals surface area contributed by atoms with Gasteiger partial charge in [-0.2, -0.15) is 10.2 Å². The highest BCUT2D eigenvalue weighted by Gasteiger charge is 2.16. The number of aromatic nitrogens is 5. The molecule has 0 saturated heterocycles. The van der Waals surface area contributed by atoms with E-state index in [1.165, 1.54) is 22.9 Å². The zero-order valence-electron chi connectivity index (χ0n) is 15.4. The number of benzene rings is 1. The van der Waals surface area contributed by atoms with Crippen molar-refractivity contribution in [3.8, 4) is 5.69 Å². The van der Waals surface area contributed by atoms with Crippen LogP contribution in [0.4, 0.5) is 4.39 Å². The highest BCUT2D eigenvalue weighted by molar-refractivity contribution is 7.71. The Morgan fingerprint density at radius 2 is 2.11 bits per heavy atom. The van der Waals surface area contributed by atoms with Gasteiger partial charge >= 0.3 is 0 Å². The lowest BCUT2D eigenvalue weighted by Crippen LogP contribution is -2.33. The van der Waals surface area contributed by atoms with E-state index < -0.39 is 17.2 Å². The Balaban J connectivity index is 1.80. The van der Waals surface area contributed by atoms with Crippen LogP contribution in [-0.2, 0) is 13.0 Å². The van der Waals surface area contributed by atoms with Crippen molar-refractivity contribution in [1.82, 2.24) is 29.9 Å². The molecule has 0 radical (unpaired) electrons. The molecule has 3 aromatic rings. The topological polar surface area (TPSA) is 97.6 Å². The van der Waals surface area contributed by atoms with Crippen molar-refractivity contribution in [2.45, 2.75) is 26.8 Å². The predicted molar refractivity (Wildman–Crippen MR) is 104 cm³/mol. The number of hydrogen-bond donors (Lipinski definition) is 2. The molecule has 0 spiro atoms. The summed E-state index contributed by atoms with van der Waals surface area (Å²) in [6, 6.07) is 7.27. The average Bonchev–Trinajstić information content (AvgIpc) is 3.02. The Bertz CT molecular complexity index is 1130. The normalized spacial score (nSPS) is 10.8. The molecule has 0 aliphatic carbocycles. The van der Waals surface area contributed by atoms with Crippen molar-refractivity contribution >= 4 is 18.1 Å². The molecule has 0 fully saturated rings. The number of aryl methyl sites for hydroxylation is 1. The van der Waals surface area contributed by atoms with Gasteiger partial charge in [-0.25, -0.2) is 9.07 Å². The fraction of sp³-hybridized carbons (Fsp3) is 0.278. The Morgan fingerprint density at radius 3 is 2.82 bits per heavy atom. The molecule has 0 aliphatic heterocycles. The van der Waals surface area contributed by atoms with Crippen LogP contribution >= 0.6 is 12.2 Å². The molecule has 0 saturated carbocycles. The molecule has 0 atom stereocenters. The summed E-state index contributed by atoms with van der Waals surface area (Å²) in [5.41, 5.74) is -0.250. The number of nitrogens with one attached hydrogen (secondary N) is 2. The number of rotatable bonds is 6. The maximum Gasteiger partial charge on any atom is 0.275 e. The molecular formula is C18H19FN6O2S. The zero-order chi connectivity index (χ0) is 20.3. The van der Waals surface area contributed by atoms with Crippen molar-refractivity contribution in [2.24, 2.45) is 0 Å². The van der Waals surface area contributed by atoms with Crippen LogP contribution in [0.2, 0.25) is 0 Å². The van der Waals surface area contributed by atoms with Gasteiger partial charge in [0.25, 0.3) is 5.91 Å². The molecule has 0 aliphatic rings. The van der Waals surface area contributed by atoms with E-state index in [4.69, 9.17) is 12.2 Å². The maximum absolute atomic E-state index is 14.1. The van der Waals surface area contributed by atoms with Crippen molar-refractivity contribution in [3.05, 3.63) is 68.4 Å². The minimum absolute atomic E-state index is 0.160. The number of halogens is 1. The lowest BCUT2D eigenvalue weighted by molar-refractivity contribution is 0.0946. The van der Waals surface area contributed by atoms with Gasteiger partial charge in [-0.15, -0.1) is 0 Å². The Hall–Kier alpha value is -3.14. The summed E-state index contributed by atoms with van der Waals surface area (Å²) < 4.78 is 17.7. The molecule has 1 aromatic carbocycles. The second-order valence-corrected chi connectivity index (χ2v) is 6.44. The molecular weight excluding hydrogens is 383 g/mol. The summed E-state index contributed by atoms with van der Waals surface area (Å²) in [6.07, 6.45) is 0.431. The molecule has 1 amide bonds. The van der Waals surface area contributed by atoms with Crippen LogP contribution in [-0.4, -0.2) is 37.0 Å². The van der Waals surface area contributed by atoms with E-state index >= 15 is 0 Å². The van der Waals surface area contributed by atoms with E-state index in [0.29, 0.717) is 29.3 Å². The first-order valence-electron chi connectivity index (χ1n) is 8.70. The van der Waals surface area contributed by atoms with E-state index in [9.17, 15) is 14.0 Å². The SMILES string of the molecule is CCn1c(CCNC(=O)c2nn(-c3ccccc3F)c(C)cc2=O)n[nH]c1=S. The number of para-hydroxylation sites is 1. The summed E-state index contributed by atoms with van der Waals surface area (Å²) in [6.45, 7) is 4.46. The number of amides is 1. The Kier molecular flexibility index (Phi) is 5.78. The molecule has 0 unspecified atom stereocenters. The lowest BCUT2D eigenvalue weighted by atomic mass is 10.2. The second kappa shape index (κ2) is 8.26. The quantitative estimate of drug-likeness (QED) is 0.614. The number of carbonyl (C=O) groups is 1. The second-order valence-electron chi connectivity index (χ2n) is 6.06. The third-order valence-corrected chi connectivity index (χ3v) is 4.50. The molecule has 2 aromatic heterocycles. The van der Waals surface area contributed by atoms with Crippen molar-refractivity contribution in [2.75, 3.05) is 6.54 Å². The van der Waals surface area contributed by atoms with Gasteiger partial charge < -0.3 is 9.88 Å². The van der Waals surface area contributed by atoms with Crippen LogP contribution < -0.4 is 10.7 Å². The largest absolute Gasteiger partial charge is 0.350 e. The van der Waals surface area contributed by atoms with E-state index in [1.54, 1.807) is 19.1 Å². The third-order valence-electron chi connectivity index (χ3n) is 4.19. The number of H-pyrrole nitrogens is 1. The van der Waals surface area contributed by atoms with Crippen LogP contribution in [0.5, 0.6) is 0 Å². The van der Waals surface area contributed by atoms with E-state index in [2.05, 4.69) is 20.6 Å². The van der Waals surface area contributed by atoms with E-state index in [1.807, 2.05) is 11.5 Å². The Morgan fingerprint density at radius 1 is 1.36 bits per heavy atom. The van der Waals surface area contributed by atoms with Gasteiger partial charge in [-0.05, 0) is 38.2 Å². The van der Waals surface area contributed by atoms with Gasteiger partial charge in [0.15, 0.2) is 10.5 Å². The summed E-state index contributed by atoms with van der Waals surface area (Å²) in [5.74, 6) is -0.434. The number of nitrogens with zero attached hydrogens (tertiary/aromatic N) is 4. The summed E-state index contributed by atoms with van der Waals surface area (Å²) in [4.78, 5) is 24.7. The molecule has 8 nitrogen and oxygen atoms in total. The van der Waals surface area contributed by atoms with Gasteiger partial charge in [0.1, 0.15) is 17.3 Å². The summed E-state index contributed by atoms with van der Waals surface area (Å²) in [5, 5.41) is 13.6. The lowest BCUT2D eigenvalue weighted by Gasteiger charge is -2.12. The highest BCUT2D eigenvalue weighted by atomic mass is 32.1. The van der Waals surface area contributed by atoms with Crippen molar-refractivity contribution < 1.29 is 9.18 Å². The molecule has 0 bridgehead atoms. The third kappa shape index (κ3) is 3.91. The van der Waals surface area contributed by atoms with Crippen molar-refractivity contribution in [1.29, 1.82) is 0 Å². The number of carbonyl (C=O) groups excluding carboxylic acids is 1. The van der Waals surface area contributed by atoms with E-state index in [0.717, 1.165) is 0 Å². The summed E-state index contributed by atoms with van der Waals surface area (Å²) in [7, 11) is 0. The fourth-order valence-electron chi connectivity index (χ4n) is 2.81. The smallest absolute Gasteiger partial charge is 0.275 e. The standard InChI is InChI=1S/C18H19FN6O2S/c1-3-24-15(21-22-18(24)28)8-9-20-17(27)16-14(26)10-11(2)25(23-16)13-7-5-4-6-12(13)19/h4-7,10H,3,8-9H2,1-2H3,(H,20,27)(H,22,28). The first-order chi connectivity index (χ1) is 13.4. The van der Waals surface area contributed by atoms with Gasteiger partial charge in [0, 0.05) is 31.3 Å². The zero-order valence-corrected chi connectivity index (χ0v) is 16.2. The molecule has 2 heterocycles. The summed E-state index contributed by atoms with van der Waals surface area (Å²) >= 11 is 5.12. The Labute approximate surface area is 165 Å². The van der Waals surface area contributed by atoms with E-state index in [-0.39, 0.29) is 17.9 Å². The minimum Gasteiger partial charge on any atom is -0.350 e. The molecule has 3 rings (SSSR count). The van der Waals surface area contributed by atoms with Crippen LogP contribution in [0, 0.1) is 17.5 Å². The van der Waals surface area contributed by atoms with Gasteiger partial charge in [0.2, 0.25) is 5.43 Å². The van der Waals surface area contributed by atoms with Crippen LogP contribution in [0.1, 0.15) is 28.9 Å². The highest BCUT2D eigenvalue weighted by Crippen LogP contribution is 2.13. The monoisotopic (exact) mass is 402 g/mol. The first-order valence-corrected chi connectivity index (χ1v) is 9.11. The molecule has 146 valence electrons. The van der Waals surface area contributed by atoms with Crippen LogP contribution in [0.25, 0.3) is 5.69 Å². The predicted octanol–water partition coefficient (Wildman–Crippen LogP) is 1.93. The average molecular weight is 402 g/mol. The maximum atomic E-state index is 14.1. The first kappa shape index (κ1) is 19.6. The van der Waals surface area contributed by atoms with Gasteiger partial charge in [0.05, 0.1) is 0 Å². The number of hydrogen-bond acceptors (Lipinski definition) is 5. The minimum atomic E-state index is -0.632. The van der Waals surface area contributed by atoms with Crippen LogP contribution in [0.3, 0.4) is 0 Å². The molecule has 28 heavy (non-hydrogen) atoms. The van der Waals surface area contributed by atoms with Gasteiger partial charge in [-0.3, -0.25) is 14.7 Å². The number of aromatic amines is 1. The van der Waals surface area contributed by atoms with Crippen molar-refractivity contribution in [3.63, 3.8) is 0 Å². The fourth-order valence-corrected chi connectivity index (χ4v) is 3.09. The molecule has 10 heteroatoms. The van der Waals surface area contributed by atoms with Gasteiger partial charge in [-0.1, -0.05) is 12.1 Å². The van der Waals surface area contributed by atoms with Crippen LogP contribution in [0.15, 0.2) is 35.1 Å². The molecule has 2 N–H and O–H groups in total.